The van der Waals surface area contributed by atoms with Gasteiger partial charge in [-0.2, -0.15) is 10.1 Å². The lowest BCUT2D eigenvalue weighted by Crippen LogP contribution is -2.21. The molecule has 1 amide bonds. The Kier molecular flexibility index (Phi) is 5.51. The fraction of sp³-hybridized carbons (Fsp3) is 0.238. The Hall–Kier alpha value is -2.79. The molecule has 0 saturated heterocycles. The molecule has 0 aromatic heterocycles. The summed E-state index contributed by atoms with van der Waals surface area (Å²) in [4.78, 5) is 12.8. The van der Waals surface area contributed by atoms with Crippen molar-refractivity contribution in [3.8, 4) is 11.5 Å². The van der Waals surface area contributed by atoms with Gasteiger partial charge in [0.2, 0.25) is 0 Å². The predicted octanol–water partition coefficient (Wildman–Crippen LogP) is 4.94. The van der Waals surface area contributed by atoms with Crippen LogP contribution >= 0.6 is 11.6 Å². The normalized spacial score (nSPS) is 15.5. The number of amides is 1. The van der Waals surface area contributed by atoms with Crippen LogP contribution in [-0.2, 0) is 4.79 Å². The van der Waals surface area contributed by atoms with E-state index in [1.807, 2.05) is 39.0 Å². The van der Waals surface area contributed by atoms with Crippen molar-refractivity contribution in [3.05, 3.63) is 58.6 Å². The quantitative estimate of drug-likeness (QED) is 0.686. The van der Waals surface area contributed by atoms with Crippen molar-refractivity contribution in [1.29, 1.82) is 0 Å². The first kappa shape index (κ1) is 19.0. The van der Waals surface area contributed by atoms with Crippen LogP contribution in [0.5, 0.6) is 11.5 Å². The summed E-state index contributed by atoms with van der Waals surface area (Å²) in [5.41, 5.74) is 2.69. The average Bonchev–Trinajstić information content (AvgIpc) is 2.91. The van der Waals surface area contributed by atoms with Crippen molar-refractivity contribution in [1.82, 2.24) is 0 Å². The van der Waals surface area contributed by atoms with E-state index in [9.17, 15) is 4.79 Å². The van der Waals surface area contributed by atoms with Crippen LogP contribution in [0.4, 0.5) is 5.69 Å². The van der Waals surface area contributed by atoms with Crippen LogP contribution in [0.3, 0.4) is 0 Å². The number of hydrogen-bond acceptors (Lipinski definition) is 4. The SMILES string of the molecule is COc1cc(/C=C2/C(=O)N(c3ccc(Cl)cc3)N=C2C)ccc1OC(C)C. The van der Waals surface area contributed by atoms with Gasteiger partial charge >= 0.3 is 0 Å². The largest absolute Gasteiger partial charge is 0.493 e. The van der Waals surface area contributed by atoms with Crippen molar-refractivity contribution < 1.29 is 14.3 Å². The maximum absolute atomic E-state index is 12.8. The van der Waals surface area contributed by atoms with Crippen molar-refractivity contribution in [2.45, 2.75) is 26.9 Å². The van der Waals surface area contributed by atoms with Gasteiger partial charge in [-0.3, -0.25) is 4.79 Å². The van der Waals surface area contributed by atoms with Gasteiger partial charge in [0.15, 0.2) is 11.5 Å². The molecule has 140 valence electrons. The minimum atomic E-state index is -0.184. The number of nitrogens with zero attached hydrogens (tertiary/aromatic N) is 2. The van der Waals surface area contributed by atoms with Gasteiger partial charge in [0.1, 0.15) is 0 Å². The molecule has 0 N–H and O–H groups in total. The molecule has 5 nitrogen and oxygen atoms in total. The van der Waals surface area contributed by atoms with Gasteiger partial charge in [0.25, 0.3) is 5.91 Å². The van der Waals surface area contributed by atoms with E-state index in [1.165, 1.54) is 5.01 Å². The molecule has 2 aromatic rings. The molecule has 0 bridgehead atoms. The van der Waals surface area contributed by atoms with Crippen molar-refractivity contribution in [2.24, 2.45) is 5.10 Å². The Morgan fingerprint density at radius 3 is 2.44 bits per heavy atom. The molecule has 6 heteroatoms. The summed E-state index contributed by atoms with van der Waals surface area (Å²) in [5, 5.41) is 6.37. The zero-order valence-corrected chi connectivity index (χ0v) is 16.4. The maximum Gasteiger partial charge on any atom is 0.280 e. The van der Waals surface area contributed by atoms with Crippen LogP contribution in [0.1, 0.15) is 26.3 Å². The molecule has 0 spiro atoms. The topological polar surface area (TPSA) is 51.1 Å². The fourth-order valence-electron chi connectivity index (χ4n) is 2.73. The number of anilines is 1. The molecule has 0 atom stereocenters. The van der Waals surface area contributed by atoms with Gasteiger partial charge in [-0.15, -0.1) is 0 Å². The summed E-state index contributed by atoms with van der Waals surface area (Å²) in [5.74, 6) is 1.10. The molecule has 3 rings (SSSR count). The minimum Gasteiger partial charge on any atom is -0.493 e. The first-order chi connectivity index (χ1) is 12.9. The number of benzene rings is 2. The molecule has 0 fully saturated rings. The first-order valence-corrected chi connectivity index (χ1v) is 8.99. The monoisotopic (exact) mass is 384 g/mol. The van der Waals surface area contributed by atoms with Crippen LogP contribution in [0, 0.1) is 0 Å². The van der Waals surface area contributed by atoms with Gasteiger partial charge in [-0.25, -0.2) is 0 Å². The van der Waals surface area contributed by atoms with E-state index in [4.69, 9.17) is 21.1 Å². The second-order valence-electron chi connectivity index (χ2n) is 6.41. The molecule has 27 heavy (non-hydrogen) atoms. The smallest absolute Gasteiger partial charge is 0.280 e. The van der Waals surface area contributed by atoms with Crippen molar-refractivity contribution in [2.75, 3.05) is 12.1 Å². The Morgan fingerprint density at radius 2 is 1.81 bits per heavy atom. The van der Waals surface area contributed by atoms with Crippen molar-refractivity contribution >= 4 is 35.0 Å². The van der Waals surface area contributed by atoms with E-state index in [-0.39, 0.29) is 12.0 Å². The Bertz CT molecular complexity index is 918. The Labute approximate surface area is 163 Å². The number of rotatable bonds is 5. The first-order valence-electron chi connectivity index (χ1n) is 8.61. The van der Waals surface area contributed by atoms with Gasteiger partial charge in [-0.1, -0.05) is 17.7 Å². The lowest BCUT2D eigenvalue weighted by atomic mass is 10.1. The van der Waals surface area contributed by atoms with Gasteiger partial charge in [-0.05, 0) is 68.8 Å². The summed E-state index contributed by atoms with van der Waals surface area (Å²) in [6, 6.07) is 12.6. The second-order valence-corrected chi connectivity index (χ2v) is 6.85. The second kappa shape index (κ2) is 7.84. The lowest BCUT2D eigenvalue weighted by Gasteiger charge is -2.14. The molecule has 2 aromatic carbocycles. The number of halogens is 1. The molecular weight excluding hydrogens is 364 g/mol. The predicted molar refractivity (Wildman–Crippen MR) is 109 cm³/mol. The standard InChI is InChI=1S/C21H21ClN2O3/c1-13(2)27-19-10-5-15(12-20(19)26-4)11-18-14(3)23-24(21(18)25)17-8-6-16(22)7-9-17/h5-13H,1-4H3/b18-11+. The van der Waals surface area contributed by atoms with Crippen LogP contribution < -0.4 is 14.5 Å². The molecule has 0 unspecified atom stereocenters. The van der Waals surface area contributed by atoms with Gasteiger partial charge in [0.05, 0.1) is 30.2 Å². The van der Waals surface area contributed by atoms with E-state index in [0.717, 1.165) is 5.56 Å². The summed E-state index contributed by atoms with van der Waals surface area (Å²) in [6.45, 7) is 5.72. The third-order valence-electron chi connectivity index (χ3n) is 4.00. The van der Waals surface area contributed by atoms with E-state index in [1.54, 1.807) is 37.5 Å². The summed E-state index contributed by atoms with van der Waals surface area (Å²) >= 11 is 5.92. The number of carbonyl (C=O) groups excluding carboxylic acids is 1. The number of methoxy groups -OCH3 is 1. The molecule has 0 radical (unpaired) electrons. The maximum atomic E-state index is 12.8. The van der Waals surface area contributed by atoms with E-state index in [0.29, 0.717) is 33.5 Å². The average molecular weight is 385 g/mol. The number of ether oxygens (including phenoxy) is 2. The highest BCUT2D eigenvalue weighted by atomic mass is 35.5. The fourth-order valence-corrected chi connectivity index (χ4v) is 2.86. The zero-order valence-electron chi connectivity index (χ0n) is 15.7. The van der Waals surface area contributed by atoms with Gasteiger partial charge in [0, 0.05) is 5.02 Å². The minimum absolute atomic E-state index is 0.0434. The highest BCUT2D eigenvalue weighted by Gasteiger charge is 2.28. The summed E-state index contributed by atoms with van der Waals surface area (Å²) < 4.78 is 11.1. The lowest BCUT2D eigenvalue weighted by molar-refractivity contribution is -0.114. The zero-order chi connectivity index (χ0) is 19.6. The molecule has 0 saturated carbocycles. The summed E-state index contributed by atoms with van der Waals surface area (Å²) in [6.07, 6.45) is 1.85. The van der Waals surface area contributed by atoms with Gasteiger partial charge < -0.3 is 9.47 Å². The molecular formula is C21H21ClN2O3. The summed E-state index contributed by atoms with van der Waals surface area (Å²) in [7, 11) is 1.59. The number of carbonyl (C=O) groups is 1. The van der Waals surface area contributed by atoms with Crippen LogP contribution in [0.15, 0.2) is 53.1 Å². The highest BCUT2D eigenvalue weighted by molar-refractivity contribution is 6.32. The molecule has 1 aliphatic heterocycles. The van der Waals surface area contributed by atoms with Crippen LogP contribution in [0.2, 0.25) is 5.02 Å². The third-order valence-corrected chi connectivity index (χ3v) is 4.25. The van der Waals surface area contributed by atoms with Crippen LogP contribution in [0.25, 0.3) is 6.08 Å². The Balaban J connectivity index is 1.90. The van der Waals surface area contributed by atoms with E-state index >= 15 is 0 Å². The number of hydrogen-bond donors (Lipinski definition) is 0. The molecule has 1 heterocycles. The molecule has 1 aliphatic rings. The van der Waals surface area contributed by atoms with E-state index < -0.39 is 0 Å². The van der Waals surface area contributed by atoms with E-state index in [2.05, 4.69) is 5.10 Å². The highest BCUT2D eigenvalue weighted by Crippen LogP contribution is 2.31. The number of hydrazone groups is 1. The third kappa shape index (κ3) is 4.14. The van der Waals surface area contributed by atoms with Crippen molar-refractivity contribution in [3.63, 3.8) is 0 Å². The Morgan fingerprint density at radius 1 is 1.11 bits per heavy atom. The molecule has 0 aliphatic carbocycles. The van der Waals surface area contributed by atoms with Crippen LogP contribution in [-0.4, -0.2) is 24.8 Å².